The Morgan fingerprint density at radius 3 is 2.89 bits per heavy atom. The van der Waals surface area contributed by atoms with E-state index in [2.05, 4.69) is 14.8 Å². The van der Waals surface area contributed by atoms with E-state index in [0.29, 0.717) is 18.2 Å². The number of alkyl halides is 1. The number of halogens is 1. The lowest BCUT2D eigenvalue weighted by Gasteiger charge is -2.22. The van der Waals surface area contributed by atoms with Gasteiger partial charge in [0, 0.05) is 51.0 Å². The van der Waals surface area contributed by atoms with E-state index >= 15 is 0 Å². The summed E-state index contributed by atoms with van der Waals surface area (Å²) in [5.41, 5.74) is 0.00999. The summed E-state index contributed by atoms with van der Waals surface area (Å²) in [5, 5.41) is 0. The quantitative estimate of drug-likeness (QED) is 0.774. The van der Waals surface area contributed by atoms with Gasteiger partial charge in [0.25, 0.3) is 5.56 Å². The zero-order valence-corrected chi connectivity index (χ0v) is 12.1. The highest BCUT2D eigenvalue weighted by Crippen LogP contribution is 2.09. The van der Waals surface area contributed by atoms with Gasteiger partial charge < -0.3 is 14.4 Å². The van der Waals surface area contributed by atoms with Crippen LogP contribution < -0.4 is 10.5 Å². The minimum Gasteiger partial charge on any atom is -0.351 e. The first kappa shape index (κ1) is 14.3. The molecule has 1 aliphatic rings. The lowest BCUT2D eigenvalue weighted by atomic mass is 10.4. The Hall–Kier alpha value is -1.07. The van der Waals surface area contributed by atoms with Crippen molar-refractivity contribution in [2.45, 2.75) is 19.9 Å². The number of anilines is 1. The van der Waals surface area contributed by atoms with Crippen molar-refractivity contribution in [3.8, 4) is 0 Å². The summed E-state index contributed by atoms with van der Waals surface area (Å²) in [4.78, 5) is 21.0. The van der Waals surface area contributed by atoms with Crippen molar-refractivity contribution in [1.82, 2.24) is 14.5 Å². The van der Waals surface area contributed by atoms with E-state index in [9.17, 15) is 4.79 Å². The van der Waals surface area contributed by atoms with Gasteiger partial charge in [0.1, 0.15) is 0 Å². The van der Waals surface area contributed by atoms with E-state index in [1.54, 1.807) is 17.0 Å². The van der Waals surface area contributed by atoms with Crippen LogP contribution >= 0.6 is 11.6 Å². The maximum Gasteiger partial charge on any atom is 0.293 e. The van der Waals surface area contributed by atoms with Crippen molar-refractivity contribution in [2.75, 3.05) is 43.5 Å². The standard InChI is InChI=1S/C13H21ClN4O/c1-2-17-9-5-15-12(13(17)19)18-7-3-6-16(8-4-14)10-11-18/h5,9H,2-4,6-8,10-11H2,1H3. The van der Waals surface area contributed by atoms with Crippen LogP contribution in [-0.2, 0) is 6.54 Å². The first-order chi connectivity index (χ1) is 9.26. The monoisotopic (exact) mass is 284 g/mol. The minimum absolute atomic E-state index is 0.00999. The molecule has 6 heteroatoms. The molecule has 2 rings (SSSR count). The minimum atomic E-state index is 0.00999. The van der Waals surface area contributed by atoms with Crippen LogP contribution in [0.4, 0.5) is 5.82 Å². The number of hydrogen-bond donors (Lipinski definition) is 0. The molecule has 1 aromatic heterocycles. The molecule has 0 saturated carbocycles. The summed E-state index contributed by atoms with van der Waals surface area (Å²) in [5.74, 6) is 1.24. The van der Waals surface area contributed by atoms with Gasteiger partial charge in [-0.25, -0.2) is 4.98 Å². The van der Waals surface area contributed by atoms with Crippen LogP contribution in [0.25, 0.3) is 0 Å². The molecule has 0 bridgehead atoms. The van der Waals surface area contributed by atoms with Gasteiger partial charge in [-0.2, -0.15) is 0 Å². The zero-order valence-electron chi connectivity index (χ0n) is 11.4. The van der Waals surface area contributed by atoms with Gasteiger partial charge in [-0.15, -0.1) is 11.6 Å². The van der Waals surface area contributed by atoms with Crippen molar-refractivity contribution < 1.29 is 0 Å². The molecule has 1 fully saturated rings. The van der Waals surface area contributed by atoms with Crippen molar-refractivity contribution in [1.29, 1.82) is 0 Å². The van der Waals surface area contributed by atoms with Gasteiger partial charge in [0.15, 0.2) is 5.82 Å². The molecule has 0 aliphatic carbocycles. The SMILES string of the molecule is CCn1ccnc(N2CCCN(CCCl)CC2)c1=O. The smallest absolute Gasteiger partial charge is 0.293 e. The summed E-state index contributed by atoms with van der Waals surface area (Å²) in [6.07, 6.45) is 4.49. The normalized spacial score (nSPS) is 17.5. The fraction of sp³-hybridized carbons (Fsp3) is 0.692. The third-order valence-corrected chi connectivity index (χ3v) is 3.69. The van der Waals surface area contributed by atoms with Crippen molar-refractivity contribution in [2.24, 2.45) is 0 Å². The largest absolute Gasteiger partial charge is 0.351 e. The Bertz CT molecular complexity index is 462. The number of hydrogen-bond acceptors (Lipinski definition) is 4. The van der Waals surface area contributed by atoms with E-state index in [-0.39, 0.29) is 5.56 Å². The van der Waals surface area contributed by atoms with Crippen LogP contribution in [0, 0.1) is 0 Å². The van der Waals surface area contributed by atoms with Gasteiger partial charge in [0.05, 0.1) is 0 Å². The van der Waals surface area contributed by atoms with E-state index < -0.39 is 0 Å². The highest BCUT2D eigenvalue weighted by atomic mass is 35.5. The van der Waals surface area contributed by atoms with Gasteiger partial charge in [-0.1, -0.05) is 0 Å². The second-order valence-corrected chi connectivity index (χ2v) is 5.09. The molecule has 1 aliphatic heterocycles. The number of aryl methyl sites for hydroxylation is 1. The average Bonchev–Trinajstić information content (AvgIpc) is 2.65. The second kappa shape index (κ2) is 6.91. The fourth-order valence-corrected chi connectivity index (χ4v) is 2.67. The molecule has 106 valence electrons. The maximum absolute atomic E-state index is 12.2. The topological polar surface area (TPSA) is 41.4 Å². The van der Waals surface area contributed by atoms with Gasteiger partial charge in [-0.05, 0) is 19.9 Å². The summed E-state index contributed by atoms with van der Waals surface area (Å²) >= 11 is 5.79. The molecule has 2 heterocycles. The average molecular weight is 285 g/mol. The molecule has 5 nitrogen and oxygen atoms in total. The van der Waals surface area contributed by atoms with Gasteiger partial charge in [0.2, 0.25) is 0 Å². The molecule has 19 heavy (non-hydrogen) atoms. The summed E-state index contributed by atoms with van der Waals surface area (Å²) in [6, 6.07) is 0. The van der Waals surface area contributed by atoms with Crippen LogP contribution in [-0.4, -0.2) is 53.1 Å². The Morgan fingerprint density at radius 2 is 2.16 bits per heavy atom. The van der Waals surface area contributed by atoms with Crippen LogP contribution in [0.3, 0.4) is 0 Å². The Kier molecular flexibility index (Phi) is 5.22. The van der Waals surface area contributed by atoms with Crippen molar-refractivity contribution >= 4 is 17.4 Å². The van der Waals surface area contributed by atoms with Crippen LogP contribution in [0.15, 0.2) is 17.2 Å². The van der Waals surface area contributed by atoms with E-state index in [0.717, 1.165) is 39.1 Å². The summed E-state index contributed by atoms with van der Waals surface area (Å²) in [6.45, 7) is 7.27. The molecule has 1 aromatic rings. The first-order valence-corrected chi connectivity index (χ1v) is 7.38. The number of nitrogens with zero attached hydrogens (tertiary/aromatic N) is 4. The predicted molar refractivity (Wildman–Crippen MR) is 78.2 cm³/mol. The third-order valence-electron chi connectivity index (χ3n) is 3.53. The van der Waals surface area contributed by atoms with Crippen LogP contribution in [0.2, 0.25) is 0 Å². The van der Waals surface area contributed by atoms with Crippen molar-refractivity contribution in [3.63, 3.8) is 0 Å². The lowest BCUT2D eigenvalue weighted by Crippen LogP contribution is -2.36. The Morgan fingerprint density at radius 1 is 1.32 bits per heavy atom. The zero-order chi connectivity index (χ0) is 13.7. The third kappa shape index (κ3) is 3.48. The molecule has 1 saturated heterocycles. The van der Waals surface area contributed by atoms with Crippen LogP contribution in [0.5, 0.6) is 0 Å². The molecular formula is C13H21ClN4O. The molecule has 0 unspecified atom stereocenters. The van der Waals surface area contributed by atoms with Crippen molar-refractivity contribution in [3.05, 3.63) is 22.7 Å². The first-order valence-electron chi connectivity index (χ1n) is 6.85. The molecular weight excluding hydrogens is 264 g/mol. The Labute approximate surface area is 118 Å². The van der Waals surface area contributed by atoms with Gasteiger partial charge in [-0.3, -0.25) is 4.79 Å². The second-order valence-electron chi connectivity index (χ2n) is 4.71. The number of rotatable bonds is 4. The van der Waals surface area contributed by atoms with Gasteiger partial charge >= 0.3 is 0 Å². The van der Waals surface area contributed by atoms with E-state index in [4.69, 9.17) is 11.6 Å². The van der Waals surface area contributed by atoms with Crippen LogP contribution in [0.1, 0.15) is 13.3 Å². The predicted octanol–water partition coefficient (Wildman–Crippen LogP) is 1.01. The fourth-order valence-electron chi connectivity index (χ4n) is 2.43. The molecule has 0 N–H and O–H groups in total. The molecule has 0 atom stereocenters. The molecule has 0 spiro atoms. The molecule has 0 aromatic carbocycles. The lowest BCUT2D eigenvalue weighted by molar-refractivity contribution is 0.311. The molecule has 0 radical (unpaired) electrons. The summed E-state index contributed by atoms with van der Waals surface area (Å²) in [7, 11) is 0. The highest BCUT2D eigenvalue weighted by molar-refractivity contribution is 6.18. The highest BCUT2D eigenvalue weighted by Gasteiger charge is 2.18. The molecule has 0 amide bonds. The van der Waals surface area contributed by atoms with E-state index in [1.165, 1.54) is 0 Å². The van der Waals surface area contributed by atoms with E-state index in [1.807, 2.05) is 6.92 Å². The summed E-state index contributed by atoms with van der Waals surface area (Å²) < 4.78 is 1.70. The Balaban J connectivity index is 2.12. The number of aromatic nitrogens is 2. The maximum atomic E-state index is 12.2.